The van der Waals surface area contributed by atoms with Crippen LogP contribution >= 0.6 is 0 Å². The lowest BCUT2D eigenvalue weighted by molar-refractivity contribution is 0.185. The number of aromatic nitrogens is 1. The molecule has 0 amide bonds. The molecule has 90 valence electrons. The minimum Gasteiger partial charge on any atom is -0.383 e. The minimum absolute atomic E-state index is 0.204. The molecule has 0 saturated heterocycles. The Bertz CT molecular complexity index is 514. The van der Waals surface area contributed by atoms with E-state index in [0.29, 0.717) is 13.2 Å². The first-order valence-corrected chi connectivity index (χ1v) is 5.63. The summed E-state index contributed by atoms with van der Waals surface area (Å²) in [5.41, 5.74) is 2.09. The molecule has 2 heterocycles. The van der Waals surface area contributed by atoms with Crippen molar-refractivity contribution in [1.29, 1.82) is 5.26 Å². The lowest BCUT2D eigenvalue weighted by atomic mass is 10.0. The van der Waals surface area contributed by atoms with Gasteiger partial charge in [0.15, 0.2) is 0 Å². The third-order valence-electron chi connectivity index (χ3n) is 2.98. The monoisotopic (exact) mass is 233 g/mol. The quantitative estimate of drug-likeness (QED) is 0.798. The predicted octanol–water partition coefficient (Wildman–Crippen LogP) is 0.0121. The van der Waals surface area contributed by atoms with E-state index >= 15 is 0 Å². The molecular formula is C12H15N3O2. The van der Waals surface area contributed by atoms with Gasteiger partial charge in [-0.3, -0.25) is 4.79 Å². The lowest BCUT2D eigenvalue weighted by Gasteiger charge is -2.22. The molecule has 2 rings (SSSR count). The van der Waals surface area contributed by atoms with E-state index in [-0.39, 0.29) is 11.1 Å². The molecule has 0 bridgehead atoms. The molecule has 0 radical (unpaired) electrons. The van der Waals surface area contributed by atoms with Crippen molar-refractivity contribution in [3.05, 3.63) is 33.2 Å². The van der Waals surface area contributed by atoms with Gasteiger partial charge in [0.2, 0.25) is 0 Å². The average molecular weight is 233 g/mol. The van der Waals surface area contributed by atoms with Gasteiger partial charge in [0.05, 0.1) is 6.61 Å². The highest BCUT2D eigenvalue weighted by atomic mass is 16.5. The Morgan fingerprint density at radius 3 is 3.18 bits per heavy atom. The van der Waals surface area contributed by atoms with E-state index in [2.05, 4.69) is 5.32 Å². The van der Waals surface area contributed by atoms with Crippen molar-refractivity contribution in [2.24, 2.45) is 0 Å². The van der Waals surface area contributed by atoms with E-state index < -0.39 is 0 Å². The van der Waals surface area contributed by atoms with Gasteiger partial charge in [-0.25, -0.2) is 0 Å². The molecular weight excluding hydrogens is 218 g/mol. The minimum atomic E-state index is -0.204. The van der Waals surface area contributed by atoms with Crippen molar-refractivity contribution in [2.45, 2.75) is 19.5 Å². The molecule has 5 heteroatoms. The number of fused-ring (bicyclic) bond motifs is 1. The van der Waals surface area contributed by atoms with Gasteiger partial charge >= 0.3 is 0 Å². The second-order valence-corrected chi connectivity index (χ2v) is 4.02. The van der Waals surface area contributed by atoms with Crippen LogP contribution in [0.4, 0.5) is 0 Å². The highest BCUT2D eigenvalue weighted by Crippen LogP contribution is 2.13. The van der Waals surface area contributed by atoms with Gasteiger partial charge in [0.1, 0.15) is 11.6 Å². The van der Waals surface area contributed by atoms with Crippen LogP contribution < -0.4 is 10.9 Å². The standard InChI is InChI=1S/C12H15N3O2/c1-17-5-4-15-11-2-3-14-8-10(11)6-9(7-13)12(15)16/h6,14H,2-5,8H2,1H3. The van der Waals surface area contributed by atoms with Crippen LogP contribution in [-0.4, -0.2) is 24.8 Å². The topological polar surface area (TPSA) is 67.0 Å². The molecule has 0 unspecified atom stereocenters. The average Bonchev–Trinajstić information content (AvgIpc) is 2.37. The molecule has 17 heavy (non-hydrogen) atoms. The van der Waals surface area contributed by atoms with Gasteiger partial charge < -0.3 is 14.6 Å². The van der Waals surface area contributed by atoms with Gasteiger partial charge in [0, 0.05) is 38.9 Å². The van der Waals surface area contributed by atoms with Crippen molar-refractivity contribution in [3.63, 3.8) is 0 Å². The maximum absolute atomic E-state index is 12.0. The van der Waals surface area contributed by atoms with Crippen LogP contribution in [-0.2, 0) is 24.2 Å². The van der Waals surface area contributed by atoms with Crippen molar-refractivity contribution in [2.75, 3.05) is 20.3 Å². The van der Waals surface area contributed by atoms with E-state index in [0.717, 1.165) is 30.8 Å². The zero-order valence-corrected chi connectivity index (χ0v) is 9.82. The first-order chi connectivity index (χ1) is 8.27. The Labute approximate surface area is 99.6 Å². The number of nitriles is 1. The molecule has 0 fully saturated rings. The van der Waals surface area contributed by atoms with E-state index in [4.69, 9.17) is 10.00 Å². The summed E-state index contributed by atoms with van der Waals surface area (Å²) in [5.74, 6) is 0. The fourth-order valence-corrected chi connectivity index (χ4v) is 2.14. The Kier molecular flexibility index (Phi) is 3.57. The largest absolute Gasteiger partial charge is 0.383 e. The Morgan fingerprint density at radius 2 is 2.47 bits per heavy atom. The molecule has 0 aliphatic carbocycles. The summed E-state index contributed by atoms with van der Waals surface area (Å²) in [4.78, 5) is 12.0. The van der Waals surface area contributed by atoms with Gasteiger partial charge in [-0.1, -0.05) is 0 Å². The third-order valence-corrected chi connectivity index (χ3v) is 2.98. The van der Waals surface area contributed by atoms with Crippen LogP contribution in [0.5, 0.6) is 0 Å². The highest BCUT2D eigenvalue weighted by molar-refractivity contribution is 5.35. The summed E-state index contributed by atoms with van der Waals surface area (Å²) >= 11 is 0. The van der Waals surface area contributed by atoms with Crippen molar-refractivity contribution in [1.82, 2.24) is 9.88 Å². The Hall–Kier alpha value is -1.64. The maximum Gasteiger partial charge on any atom is 0.268 e. The summed E-state index contributed by atoms with van der Waals surface area (Å²) in [6.07, 6.45) is 0.819. The smallest absolute Gasteiger partial charge is 0.268 e. The first-order valence-electron chi connectivity index (χ1n) is 5.63. The Morgan fingerprint density at radius 1 is 1.65 bits per heavy atom. The Balaban J connectivity index is 2.53. The molecule has 1 aromatic heterocycles. The zero-order valence-electron chi connectivity index (χ0n) is 9.82. The molecule has 0 spiro atoms. The zero-order chi connectivity index (χ0) is 12.3. The first kappa shape index (κ1) is 11.8. The summed E-state index contributed by atoms with van der Waals surface area (Å²) < 4.78 is 6.69. The fourth-order valence-electron chi connectivity index (χ4n) is 2.14. The number of hydrogen-bond acceptors (Lipinski definition) is 4. The van der Waals surface area contributed by atoms with Gasteiger partial charge in [0.25, 0.3) is 5.56 Å². The van der Waals surface area contributed by atoms with Crippen molar-refractivity contribution < 1.29 is 4.74 Å². The van der Waals surface area contributed by atoms with Crippen molar-refractivity contribution >= 4 is 0 Å². The number of rotatable bonds is 3. The van der Waals surface area contributed by atoms with Crippen LogP contribution in [0.15, 0.2) is 10.9 Å². The summed E-state index contributed by atoms with van der Waals surface area (Å²) in [7, 11) is 1.60. The maximum atomic E-state index is 12.0. The van der Waals surface area contributed by atoms with Crippen LogP contribution in [0.3, 0.4) is 0 Å². The van der Waals surface area contributed by atoms with Crippen molar-refractivity contribution in [3.8, 4) is 6.07 Å². The summed E-state index contributed by atoms with van der Waals surface area (Å²) in [6, 6.07) is 3.66. The van der Waals surface area contributed by atoms with E-state index in [1.807, 2.05) is 6.07 Å². The van der Waals surface area contributed by atoms with Gasteiger partial charge in [-0.15, -0.1) is 0 Å². The number of pyridine rings is 1. The summed E-state index contributed by atoms with van der Waals surface area (Å²) in [5, 5.41) is 12.2. The van der Waals surface area contributed by atoms with E-state index in [9.17, 15) is 4.79 Å². The number of nitrogens with zero attached hydrogens (tertiary/aromatic N) is 2. The van der Waals surface area contributed by atoms with Crippen LogP contribution in [0.1, 0.15) is 16.8 Å². The molecule has 1 aliphatic heterocycles. The highest BCUT2D eigenvalue weighted by Gasteiger charge is 2.16. The van der Waals surface area contributed by atoms with E-state index in [1.165, 1.54) is 0 Å². The SMILES string of the molecule is COCCn1c2c(cc(C#N)c1=O)CNCC2. The second-order valence-electron chi connectivity index (χ2n) is 4.02. The number of ether oxygens (including phenoxy) is 1. The normalized spacial score (nSPS) is 14.1. The molecule has 5 nitrogen and oxygen atoms in total. The molecule has 0 atom stereocenters. The molecule has 0 saturated carbocycles. The predicted molar refractivity (Wildman–Crippen MR) is 62.7 cm³/mol. The van der Waals surface area contributed by atoms with Crippen LogP contribution in [0.2, 0.25) is 0 Å². The van der Waals surface area contributed by atoms with Crippen LogP contribution in [0, 0.1) is 11.3 Å². The summed E-state index contributed by atoms with van der Waals surface area (Å²) in [6.45, 7) is 2.57. The molecule has 0 aromatic carbocycles. The fraction of sp³-hybridized carbons (Fsp3) is 0.500. The molecule has 1 aliphatic rings. The lowest BCUT2D eigenvalue weighted by Crippen LogP contribution is -2.34. The molecule has 1 N–H and O–H groups in total. The van der Waals surface area contributed by atoms with E-state index in [1.54, 1.807) is 17.7 Å². The van der Waals surface area contributed by atoms with Gasteiger partial charge in [-0.05, 0) is 11.6 Å². The molecule has 1 aromatic rings. The van der Waals surface area contributed by atoms with Crippen LogP contribution in [0.25, 0.3) is 0 Å². The van der Waals surface area contributed by atoms with Gasteiger partial charge in [-0.2, -0.15) is 5.26 Å². The number of methoxy groups -OCH3 is 1. The second kappa shape index (κ2) is 5.13. The number of hydrogen-bond donors (Lipinski definition) is 1. The third kappa shape index (κ3) is 2.23. The number of nitrogens with one attached hydrogen (secondary N) is 1.